The predicted octanol–water partition coefficient (Wildman–Crippen LogP) is 1.88. The average molecular weight is 322 g/mol. The van der Waals surface area contributed by atoms with Crippen LogP contribution in [0, 0.1) is 0 Å². The van der Waals surface area contributed by atoms with Crippen LogP contribution in [0.15, 0.2) is 55.2 Å². The molecule has 24 heavy (non-hydrogen) atoms. The van der Waals surface area contributed by atoms with E-state index in [2.05, 4.69) is 25.7 Å². The Hall–Kier alpha value is -3.22. The summed E-state index contributed by atoms with van der Waals surface area (Å²) >= 11 is 0. The van der Waals surface area contributed by atoms with E-state index in [0.29, 0.717) is 13.1 Å². The minimum absolute atomic E-state index is 0.236. The van der Waals surface area contributed by atoms with Crippen molar-refractivity contribution in [3.8, 4) is 11.3 Å². The van der Waals surface area contributed by atoms with Crippen LogP contribution in [0.5, 0.6) is 0 Å². The standard InChI is InChI=1S/C17H18N6O/c1-23-12-15(11-22-23)16-14(5-3-7-19-16)10-21-17(24)20-9-13-4-2-6-18-8-13/h2-8,11-12H,9-10H2,1H3,(H2,20,21,24). The Morgan fingerprint density at radius 3 is 2.71 bits per heavy atom. The maximum absolute atomic E-state index is 12.0. The molecular weight excluding hydrogens is 304 g/mol. The van der Waals surface area contributed by atoms with E-state index in [1.165, 1.54) is 0 Å². The number of amides is 2. The van der Waals surface area contributed by atoms with Gasteiger partial charge in [0.2, 0.25) is 0 Å². The zero-order chi connectivity index (χ0) is 16.8. The molecule has 0 saturated carbocycles. The molecule has 0 aliphatic heterocycles. The fourth-order valence-electron chi connectivity index (χ4n) is 2.31. The zero-order valence-electron chi connectivity index (χ0n) is 13.3. The van der Waals surface area contributed by atoms with Crippen LogP contribution in [0.4, 0.5) is 4.79 Å². The van der Waals surface area contributed by atoms with E-state index in [9.17, 15) is 4.79 Å². The van der Waals surface area contributed by atoms with E-state index in [4.69, 9.17) is 0 Å². The molecule has 3 aromatic rings. The Balaban J connectivity index is 1.59. The van der Waals surface area contributed by atoms with Crippen molar-refractivity contribution in [2.24, 2.45) is 7.05 Å². The third-order valence-corrected chi connectivity index (χ3v) is 3.48. The van der Waals surface area contributed by atoms with Crippen LogP contribution in [-0.4, -0.2) is 25.8 Å². The van der Waals surface area contributed by atoms with Crippen molar-refractivity contribution >= 4 is 6.03 Å². The molecule has 0 aliphatic carbocycles. The van der Waals surface area contributed by atoms with Gasteiger partial charge < -0.3 is 10.6 Å². The summed E-state index contributed by atoms with van der Waals surface area (Å²) in [7, 11) is 1.86. The highest BCUT2D eigenvalue weighted by Gasteiger charge is 2.09. The molecule has 0 bridgehead atoms. The number of carbonyl (C=O) groups excluding carboxylic acids is 1. The number of pyridine rings is 2. The smallest absolute Gasteiger partial charge is 0.315 e. The minimum Gasteiger partial charge on any atom is -0.334 e. The van der Waals surface area contributed by atoms with Crippen molar-refractivity contribution in [1.82, 2.24) is 30.4 Å². The van der Waals surface area contributed by atoms with Crippen molar-refractivity contribution in [3.63, 3.8) is 0 Å². The molecule has 122 valence electrons. The van der Waals surface area contributed by atoms with Crippen molar-refractivity contribution in [3.05, 3.63) is 66.4 Å². The topological polar surface area (TPSA) is 84.7 Å². The number of rotatable bonds is 5. The van der Waals surface area contributed by atoms with Gasteiger partial charge in [0.25, 0.3) is 0 Å². The lowest BCUT2D eigenvalue weighted by Gasteiger charge is -2.10. The summed E-state index contributed by atoms with van der Waals surface area (Å²) in [6.45, 7) is 0.819. The number of hydrogen-bond donors (Lipinski definition) is 2. The molecule has 3 heterocycles. The van der Waals surface area contributed by atoms with Crippen LogP contribution in [0.2, 0.25) is 0 Å². The Morgan fingerprint density at radius 1 is 1.12 bits per heavy atom. The second-order valence-corrected chi connectivity index (χ2v) is 5.31. The van der Waals surface area contributed by atoms with Gasteiger partial charge in [-0.2, -0.15) is 5.10 Å². The summed E-state index contributed by atoms with van der Waals surface area (Å²) in [6.07, 6.45) is 8.81. The first-order valence-corrected chi connectivity index (χ1v) is 7.56. The lowest BCUT2D eigenvalue weighted by Crippen LogP contribution is -2.34. The van der Waals surface area contributed by atoms with Crippen molar-refractivity contribution < 1.29 is 4.79 Å². The average Bonchev–Trinajstić information content (AvgIpc) is 3.05. The van der Waals surface area contributed by atoms with Gasteiger partial charge in [-0.25, -0.2) is 4.79 Å². The highest BCUT2D eigenvalue weighted by atomic mass is 16.2. The molecule has 2 N–H and O–H groups in total. The monoisotopic (exact) mass is 322 g/mol. The lowest BCUT2D eigenvalue weighted by molar-refractivity contribution is 0.240. The number of urea groups is 1. The molecular formula is C17H18N6O. The Kier molecular flexibility index (Phi) is 4.81. The van der Waals surface area contributed by atoms with Gasteiger partial charge in [0, 0.05) is 50.5 Å². The molecule has 0 aromatic carbocycles. The minimum atomic E-state index is -0.236. The third kappa shape index (κ3) is 3.95. The molecule has 0 aliphatic rings. The van der Waals surface area contributed by atoms with E-state index in [0.717, 1.165) is 22.4 Å². The van der Waals surface area contributed by atoms with Gasteiger partial charge in [-0.1, -0.05) is 12.1 Å². The van der Waals surface area contributed by atoms with Gasteiger partial charge in [0.15, 0.2) is 0 Å². The molecule has 0 atom stereocenters. The molecule has 0 radical (unpaired) electrons. The lowest BCUT2D eigenvalue weighted by atomic mass is 10.1. The van der Waals surface area contributed by atoms with Crippen molar-refractivity contribution in [2.75, 3.05) is 0 Å². The maximum atomic E-state index is 12.0. The first kappa shape index (κ1) is 15.7. The normalized spacial score (nSPS) is 10.4. The largest absolute Gasteiger partial charge is 0.334 e. The van der Waals surface area contributed by atoms with E-state index >= 15 is 0 Å². The van der Waals surface area contributed by atoms with Crippen LogP contribution < -0.4 is 10.6 Å². The molecule has 3 aromatic heterocycles. The first-order chi connectivity index (χ1) is 11.7. The molecule has 0 fully saturated rings. The maximum Gasteiger partial charge on any atom is 0.315 e. The number of aryl methyl sites for hydroxylation is 1. The molecule has 2 amide bonds. The summed E-state index contributed by atoms with van der Waals surface area (Å²) < 4.78 is 1.72. The molecule has 3 rings (SSSR count). The summed E-state index contributed by atoms with van der Waals surface area (Å²) in [5, 5.41) is 9.82. The number of hydrogen-bond acceptors (Lipinski definition) is 4. The third-order valence-electron chi connectivity index (χ3n) is 3.48. The second kappa shape index (κ2) is 7.36. The van der Waals surface area contributed by atoms with Crippen LogP contribution >= 0.6 is 0 Å². The predicted molar refractivity (Wildman–Crippen MR) is 89.8 cm³/mol. The van der Waals surface area contributed by atoms with E-state index in [1.54, 1.807) is 29.5 Å². The van der Waals surface area contributed by atoms with Gasteiger partial charge in [-0.15, -0.1) is 0 Å². The molecule has 7 nitrogen and oxygen atoms in total. The van der Waals surface area contributed by atoms with E-state index < -0.39 is 0 Å². The zero-order valence-corrected chi connectivity index (χ0v) is 13.3. The Labute approximate surface area is 139 Å². The fraction of sp³-hybridized carbons (Fsp3) is 0.176. The summed E-state index contributed by atoms with van der Waals surface area (Å²) in [5.41, 5.74) is 3.62. The molecule has 0 saturated heterocycles. The summed E-state index contributed by atoms with van der Waals surface area (Å²) in [5.74, 6) is 0. The van der Waals surface area contributed by atoms with Gasteiger partial charge >= 0.3 is 6.03 Å². The first-order valence-electron chi connectivity index (χ1n) is 7.56. The van der Waals surface area contributed by atoms with Crippen LogP contribution in [0.1, 0.15) is 11.1 Å². The van der Waals surface area contributed by atoms with Gasteiger partial charge in [-0.3, -0.25) is 14.6 Å². The second-order valence-electron chi connectivity index (χ2n) is 5.31. The summed E-state index contributed by atoms with van der Waals surface area (Å²) in [6, 6.07) is 7.31. The van der Waals surface area contributed by atoms with Gasteiger partial charge in [0.05, 0.1) is 11.9 Å². The number of nitrogens with zero attached hydrogens (tertiary/aromatic N) is 4. The Morgan fingerprint density at radius 2 is 1.96 bits per heavy atom. The van der Waals surface area contributed by atoms with Crippen molar-refractivity contribution in [2.45, 2.75) is 13.1 Å². The summed E-state index contributed by atoms with van der Waals surface area (Å²) in [4.78, 5) is 20.4. The van der Waals surface area contributed by atoms with E-state index in [-0.39, 0.29) is 6.03 Å². The highest BCUT2D eigenvalue weighted by molar-refractivity contribution is 5.74. The Bertz CT molecular complexity index is 815. The highest BCUT2D eigenvalue weighted by Crippen LogP contribution is 2.19. The fourth-order valence-corrected chi connectivity index (χ4v) is 2.31. The number of carbonyl (C=O) groups is 1. The number of aromatic nitrogens is 4. The van der Waals surface area contributed by atoms with Gasteiger partial charge in [-0.05, 0) is 23.3 Å². The van der Waals surface area contributed by atoms with Gasteiger partial charge in [0.1, 0.15) is 0 Å². The van der Waals surface area contributed by atoms with Crippen LogP contribution in [0.25, 0.3) is 11.3 Å². The SMILES string of the molecule is Cn1cc(-c2ncccc2CNC(=O)NCc2cccnc2)cn1. The van der Waals surface area contributed by atoms with Crippen LogP contribution in [-0.2, 0) is 20.1 Å². The molecule has 7 heteroatoms. The molecule has 0 spiro atoms. The van der Waals surface area contributed by atoms with Crippen molar-refractivity contribution in [1.29, 1.82) is 0 Å². The van der Waals surface area contributed by atoms with E-state index in [1.807, 2.05) is 37.5 Å². The number of nitrogens with one attached hydrogen (secondary N) is 2. The van der Waals surface area contributed by atoms with Crippen LogP contribution in [0.3, 0.4) is 0 Å². The molecule has 0 unspecified atom stereocenters. The quantitative estimate of drug-likeness (QED) is 0.751.